The molecule has 2 heterocycles. The first-order valence-electron chi connectivity index (χ1n) is 4.28. The van der Waals surface area contributed by atoms with Crippen LogP contribution in [0.3, 0.4) is 0 Å². The fraction of sp³-hybridized carbons (Fsp3) is 0.222. The molecule has 0 fully saturated rings. The topological polar surface area (TPSA) is 71.0 Å². The molecule has 2 N–H and O–H groups in total. The van der Waals surface area contributed by atoms with Gasteiger partial charge < -0.3 is 10.6 Å². The van der Waals surface area contributed by atoms with Gasteiger partial charge in [0, 0.05) is 24.6 Å². The Hall–Kier alpha value is -1.91. The number of nitrogens with two attached hydrogens (primary N) is 1. The second kappa shape index (κ2) is 3.45. The Morgan fingerprint density at radius 3 is 3.29 bits per heavy atom. The fourth-order valence-corrected chi connectivity index (χ4v) is 1.39. The van der Waals surface area contributed by atoms with Crippen LogP contribution in [-0.4, -0.2) is 29.4 Å². The minimum absolute atomic E-state index is 0.199. The monoisotopic (exact) mass is 190 g/mol. The van der Waals surface area contributed by atoms with Crippen LogP contribution in [0, 0.1) is 0 Å². The van der Waals surface area contributed by atoms with Crippen molar-refractivity contribution in [3.8, 4) is 0 Å². The lowest BCUT2D eigenvalue weighted by Crippen LogP contribution is -2.36. The van der Waals surface area contributed by atoms with Crippen LogP contribution in [0.5, 0.6) is 0 Å². The highest BCUT2D eigenvalue weighted by Crippen LogP contribution is 2.15. The summed E-state index contributed by atoms with van der Waals surface area (Å²) in [6.45, 7) is 0.712. The molecule has 14 heavy (non-hydrogen) atoms. The summed E-state index contributed by atoms with van der Waals surface area (Å²) in [6, 6.07) is 0. The molecule has 72 valence electrons. The van der Waals surface area contributed by atoms with E-state index >= 15 is 0 Å². The molecule has 2 rings (SSSR count). The van der Waals surface area contributed by atoms with E-state index in [1.165, 1.54) is 0 Å². The van der Waals surface area contributed by atoms with Crippen LogP contribution in [0.1, 0.15) is 6.42 Å². The zero-order chi connectivity index (χ0) is 9.97. The first-order chi connectivity index (χ1) is 6.77. The minimum Gasteiger partial charge on any atom is -0.369 e. The SMILES string of the molecule is NC(=O)CC1=CN=CC2=NC=CCN12. The predicted molar refractivity (Wildman–Crippen MR) is 53.7 cm³/mol. The molecule has 5 nitrogen and oxygen atoms in total. The summed E-state index contributed by atoms with van der Waals surface area (Å²) in [5.74, 6) is 0.397. The van der Waals surface area contributed by atoms with Crippen molar-refractivity contribution >= 4 is 18.0 Å². The van der Waals surface area contributed by atoms with E-state index in [0.717, 1.165) is 11.5 Å². The second-order valence-corrected chi connectivity index (χ2v) is 3.02. The van der Waals surface area contributed by atoms with Crippen molar-refractivity contribution < 1.29 is 4.79 Å². The van der Waals surface area contributed by atoms with Crippen LogP contribution in [0.2, 0.25) is 0 Å². The minimum atomic E-state index is -0.359. The number of hydrogen-bond donors (Lipinski definition) is 1. The van der Waals surface area contributed by atoms with Crippen molar-refractivity contribution in [2.24, 2.45) is 15.7 Å². The van der Waals surface area contributed by atoms with E-state index in [1.54, 1.807) is 18.6 Å². The molecule has 0 unspecified atom stereocenters. The molecule has 0 spiro atoms. The summed E-state index contributed by atoms with van der Waals surface area (Å²) >= 11 is 0. The lowest BCUT2D eigenvalue weighted by Gasteiger charge is -2.28. The van der Waals surface area contributed by atoms with Crippen molar-refractivity contribution in [2.45, 2.75) is 6.42 Å². The van der Waals surface area contributed by atoms with Crippen LogP contribution < -0.4 is 5.73 Å². The van der Waals surface area contributed by atoms with E-state index in [4.69, 9.17) is 5.73 Å². The number of carbonyl (C=O) groups is 1. The third-order valence-corrected chi connectivity index (χ3v) is 1.99. The van der Waals surface area contributed by atoms with Crippen molar-refractivity contribution in [1.82, 2.24) is 4.90 Å². The van der Waals surface area contributed by atoms with Crippen molar-refractivity contribution in [3.63, 3.8) is 0 Å². The zero-order valence-corrected chi connectivity index (χ0v) is 7.55. The smallest absolute Gasteiger partial charge is 0.223 e. The maximum absolute atomic E-state index is 10.8. The van der Waals surface area contributed by atoms with Gasteiger partial charge in [0.2, 0.25) is 5.91 Å². The van der Waals surface area contributed by atoms with Gasteiger partial charge in [0.1, 0.15) is 0 Å². The Balaban J connectivity index is 2.22. The first kappa shape index (κ1) is 8.68. The highest BCUT2D eigenvalue weighted by atomic mass is 16.1. The third kappa shape index (κ3) is 1.56. The molecule has 2 aliphatic rings. The quantitative estimate of drug-likeness (QED) is 0.666. The molecule has 0 radical (unpaired) electrons. The van der Waals surface area contributed by atoms with Crippen LogP contribution in [0.25, 0.3) is 0 Å². The molecule has 0 aromatic rings. The summed E-state index contributed by atoms with van der Waals surface area (Å²) in [6.07, 6.45) is 7.14. The number of amidine groups is 1. The van der Waals surface area contributed by atoms with Crippen LogP contribution >= 0.6 is 0 Å². The number of fused-ring (bicyclic) bond motifs is 1. The molecule has 0 atom stereocenters. The molecule has 2 aliphatic heterocycles. The van der Waals surface area contributed by atoms with Crippen LogP contribution in [-0.2, 0) is 4.79 Å². The molecular weight excluding hydrogens is 180 g/mol. The molecule has 0 saturated heterocycles. The summed E-state index contributed by atoms with van der Waals surface area (Å²) in [4.78, 5) is 20.8. The third-order valence-electron chi connectivity index (χ3n) is 1.99. The molecule has 1 amide bonds. The number of hydrogen-bond acceptors (Lipinski definition) is 4. The average Bonchev–Trinajstić information content (AvgIpc) is 2.18. The summed E-state index contributed by atoms with van der Waals surface area (Å²) in [5, 5.41) is 0. The second-order valence-electron chi connectivity index (χ2n) is 3.02. The highest BCUT2D eigenvalue weighted by molar-refractivity contribution is 6.31. The molecule has 0 saturated carbocycles. The molecule has 0 bridgehead atoms. The van der Waals surface area contributed by atoms with E-state index in [1.807, 2.05) is 11.0 Å². The lowest BCUT2D eigenvalue weighted by molar-refractivity contribution is -0.117. The highest BCUT2D eigenvalue weighted by Gasteiger charge is 2.19. The van der Waals surface area contributed by atoms with Crippen molar-refractivity contribution in [2.75, 3.05) is 6.54 Å². The van der Waals surface area contributed by atoms with Gasteiger partial charge in [-0.25, -0.2) is 4.99 Å². The van der Waals surface area contributed by atoms with Gasteiger partial charge in [-0.1, -0.05) is 0 Å². The molecule has 0 aliphatic carbocycles. The number of rotatable bonds is 2. The largest absolute Gasteiger partial charge is 0.369 e. The number of primary amides is 1. The van der Waals surface area contributed by atoms with Gasteiger partial charge >= 0.3 is 0 Å². The average molecular weight is 190 g/mol. The van der Waals surface area contributed by atoms with E-state index < -0.39 is 0 Å². The van der Waals surface area contributed by atoms with E-state index in [-0.39, 0.29) is 12.3 Å². The Labute approximate surface area is 81.3 Å². The van der Waals surface area contributed by atoms with Gasteiger partial charge in [0.25, 0.3) is 0 Å². The van der Waals surface area contributed by atoms with Gasteiger partial charge in [-0.2, -0.15) is 0 Å². The Bertz CT molecular complexity index is 378. The Morgan fingerprint density at radius 1 is 1.64 bits per heavy atom. The predicted octanol–water partition coefficient (Wildman–Crippen LogP) is 0.0154. The van der Waals surface area contributed by atoms with Crippen LogP contribution in [0.4, 0.5) is 0 Å². The number of amides is 1. The Morgan fingerprint density at radius 2 is 2.50 bits per heavy atom. The summed E-state index contributed by atoms with van der Waals surface area (Å²) < 4.78 is 0. The van der Waals surface area contributed by atoms with E-state index in [9.17, 15) is 4.79 Å². The normalized spacial score (nSPS) is 18.7. The van der Waals surface area contributed by atoms with Gasteiger partial charge in [0.15, 0.2) is 5.84 Å². The van der Waals surface area contributed by atoms with E-state index in [0.29, 0.717) is 6.54 Å². The number of nitrogens with zero attached hydrogens (tertiary/aromatic N) is 3. The first-order valence-corrected chi connectivity index (χ1v) is 4.28. The molecule has 0 aromatic heterocycles. The van der Waals surface area contributed by atoms with Crippen LogP contribution in [0.15, 0.2) is 34.2 Å². The Kier molecular flexibility index (Phi) is 2.14. The van der Waals surface area contributed by atoms with Crippen molar-refractivity contribution in [1.29, 1.82) is 0 Å². The lowest BCUT2D eigenvalue weighted by atomic mass is 10.2. The van der Waals surface area contributed by atoms with Gasteiger partial charge in [-0.15, -0.1) is 0 Å². The zero-order valence-electron chi connectivity index (χ0n) is 7.55. The van der Waals surface area contributed by atoms with Gasteiger partial charge in [-0.3, -0.25) is 9.79 Å². The molecule has 0 aromatic carbocycles. The fourth-order valence-electron chi connectivity index (χ4n) is 1.39. The number of carbonyl (C=O) groups excluding carboxylic acids is 1. The maximum atomic E-state index is 10.8. The summed E-state index contributed by atoms with van der Waals surface area (Å²) in [7, 11) is 0. The standard InChI is InChI=1S/C9H10N4O/c10-8(14)4-7-5-11-6-9-12-2-1-3-13(7)9/h1-2,5-6H,3-4H2,(H2,10,14). The molecule has 5 heteroatoms. The molecular formula is C9H10N4O. The van der Waals surface area contributed by atoms with Gasteiger partial charge in [0.05, 0.1) is 12.6 Å². The summed E-state index contributed by atoms with van der Waals surface area (Å²) in [5.41, 5.74) is 5.92. The van der Waals surface area contributed by atoms with Crippen molar-refractivity contribution in [3.05, 3.63) is 24.2 Å². The number of aliphatic imine (C=N–C) groups is 2. The van der Waals surface area contributed by atoms with Gasteiger partial charge in [-0.05, 0) is 6.08 Å². The van der Waals surface area contributed by atoms with E-state index in [2.05, 4.69) is 9.98 Å². The maximum Gasteiger partial charge on any atom is 0.223 e.